The van der Waals surface area contributed by atoms with E-state index in [1.807, 2.05) is 25.1 Å². The molecule has 0 bridgehead atoms. The predicted molar refractivity (Wildman–Crippen MR) is 76.0 cm³/mol. The second kappa shape index (κ2) is 5.40. The summed E-state index contributed by atoms with van der Waals surface area (Å²) in [5.74, 6) is -0.807. The number of anilines is 1. The number of ether oxygens (including phenoxy) is 1. The molecule has 0 spiro atoms. The lowest BCUT2D eigenvalue weighted by Gasteiger charge is -2.23. The summed E-state index contributed by atoms with van der Waals surface area (Å²) in [5, 5.41) is 6.81. The molecule has 21 heavy (non-hydrogen) atoms. The van der Waals surface area contributed by atoms with Crippen LogP contribution in [0, 0.1) is 0 Å². The third-order valence-corrected chi connectivity index (χ3v) is 3.44. The Balaban J connectivity index is 1.82. The first-order chi connectivity index (χ1) is 10.2. The van der Waals surface area contributed by atoms with Crippen LogP contribution in [0.25, 0.3) is 0 Å². The fraction of sp³-hybridized carbons (Fsp3) is 0.267. The Hall–Kier alpha value is -2.63. The summed E-state index contributed by atoms with van der Waals surface area (Å²) in [7, 11) is 0. The van der Waals surface area contributed by atoms with Crippen LogP contribution in [-0.4, -0.2) is 21.7 Å². The number of amides is 1. The molecule has 1 aromatic heterocycles. The van der Waals surface area contributed by atoms with Crippen LogP contribution in [0.15, 0.2) is 36.7 Å². The molecule has 1 aliphatic heterocycles. The fourth-order valence-corrected chi connectivity index (χ4v) is 2.38. The van der Waals surface area contributed by atoms with Gasteiger partial charge in [-0.1, -0.05) is 18.2 Å². The smallest absolute Gasteiger partial charge is 0.319 e. The number of fused-ring (bicyclic) bond motifs is 1. The number of aromatic nitrogens is 2. The Bertz CT molecular complexity index is 693. The molecule has 0 saturated heterocycles. The lowest BCUT2D eigenvalue weighted by atomic mass is 9.91. The first-order valence-corrected chi connectivity index (χ1v) is 6.80. The molecule has 0 saturated carbocycles. The van der Waals surface area contributed by atoms with Gasteiger partial charge in [0.05, 0.1) is 18.3 Å². The number of aryl methyl sites for hydroxylation is 1. The number of carbonyl (C=O) groups is 2. The van der Waals surface area contributed by atoms with Gasteiger partial charge in [-0.3, -0.25) is 14.3 Å². The molecule has 1 aliphatic rings. The lowest BCUT2D eigenvalue weighted by molar-refractivity contribution is -0.138. The molecule has 2 heterocycles. The van der Waals surface area contributed by atoms with Crippen molar-refractivity contribution in [1.82, 2.24) is 9.78 Å². The average molecular weight is 285 g/mol. The van der Waals surface area contributed by atoms with E-state index in [1.54, 1.807) is 16.9 Å². The number of hydrogen-bond acceptors (Lipinski definition) is 4. The van der Waals surface area contributed by atoms with Crippen LogP contribution < -0.4 is 10.1 Å². The summed E-state index contributed by atoms with van der Waals surface area (Å²) in [6, 6.07) is 7.27. The van der Waals surface area contributed by atoms with E-state index in [9.17, 15) is 9.59 Å². The second-order valence-electron chi connectivity index (χ2n) is 4.84. The summed E-state index contributed by atoms with van der Waals surface area (Å²) < 4.78 is 7.01. The van der Waals surface area contributed by atoms with Gasteiger partial charge >= 0.3 is 5.97 Å². The first-order valence-electron chi connectivity index (χ1n) is 6.80. The van der Waals surface area contributed by atoms with E-state index in [0.29, 0.717) is 18.0 Å². The van der Waals surface area contributed by atoms with Gasteiger partial charge in [-0.25, -0.2) is 0 Å². The van der Waals surface area contributed by atoms with Crippen molar-refractivity contribution in [2.24, 2.45) is 0 Å². The normalized spacial score (nSPS) is 17.0. The highest BCUT2D eigenvalue weighted by Gasteiger charge is 2.32. The van der Waals surface area contributed by atoms with Crippen molar-refractivity contribution in [1.29, 1.82) is 0 Å². The summed E-state index contributed by atoms with van der Waals surface area (Å²) in [4.78, 5) is 24.0. The molecule has 1 unspecified atom stereocenters. The maximum atomic E-state index is 12.3. The molecule has 6 nitrogen and oxygen atoms in total. The summed E-state index contributed by atoms with van der Waals surface area (Å²) >= 11 is 0. The molecule has 2 aromatic rings. The van der Waals surface area contributed by atoms with Gasteiger partial charge in [-0.15, -0.1) is 0 Å². The van der Waals surface area contributed by atoms with Crippen LogP contribution in [-0.2, 0) is 16.1 Å². The van der Waals surface area contributed by atoms with Crippen LogP contribution in [0.2, 0.25) is 0 Å². The quantitative estimate of drug-likeness (QED) is 0.875. The monoisotopic (exact) mass is 285 g/mol. The van der Waals surface area contributed by atoms with Gasteiger partial charge in [0.15, 0.2) is 5.75 Å². The molecule has 0 fully saturated rings. The summed E-state index contributed by atoms with van der Waals surface area (Å²) in [6.07, 6.45) is 3.25. The van der Waals surface area contributed by atoms with E-state index in [1.165, 1.54) is 6.20 Å². The van der Waals surface area contributed by atoms with Gasteiger partial charge in [-0.05, 0) is 18.6 Å². The van der Waals surface area contributed by atoms with Crippen LogP contribution in [0.1, 0.15) is 24.8 Å². The second-order valence-corrected chi connectivity index (χ2v) is 4.84. The Morgan fingerprint density at radius 3 is 3.05 bits per heavy atom. The number of hydrogen-bond donors (Lipinski definition) is 1. The molecule has 3 rings (SSSR count). The molecule has 1 N–H and O–H groups in total. The zero-order valence-corrected chi connectivity index (χ0v) is 11.6. The van der Waals surface area contributed by atoms with E-state index in [-0.39, 0.29) is 12.3 Å². The van der Waals surface area contributed by atoms with Gasteiger partial charge < -0.3 is 10.1 Å². The number of nitrogens with one attached hydrogen (secondary N) is 1. The van der Waals surface area contributed by atoms with Crippen molar-refractivity contribution >= 4 is 17.6 Å². The molecular formula is C15H15N3O3. The predicted octanol–water partition coefficient (Wildman–Crippen LogP) is 1.93. The van der Waals surface area contributed by atoms with Gasteiger partial charge in [0.25, 0.3) is 0 Å². The van der Waals surface area contributed by atoms with Crippen LogP contribution in [0.3, 0.4) is 0 Å². The van der Waals surface area contributed by atoms with Crippen molar-refractivity contribution in [3.63, 3.8) is 0 Å². The highest BCUT2D eigenvalue weighted by molar-refractivity contribution is 6.00. The van der Waals surface area contributed by atoms with E-state index in [4.69, 9.17) is 4.74 Å². The molecule has 1 atom stereocenters. The van der Waals surface area contributed by atoms with Crippen LogP contribution in [0.4, 0.5) is 5.69 Å². The zero-order chi connectivity index (χ0) is 14.8. The largest absolute Gasteiger partial charge is 0.423 e. The summed E-state index contributed by atoms with van der Waals surface area (Å²) in [6.45, 7) is 2.65. The third-order valence-electron chi connectivity index (χ3n) is 3.44. The van der Waals surface area contributed by atoms with Gasteiger partial charge in [0.1, 0.15) is 0 Å². The summed E-state index contributed by atoms with van der Waals surface area (Å²) in [5.41, 5.74) is 1.45. The number of para-hydroxylation sites is 1. The lowest BCUT2D eigenvalue weighted by Crippen LogP contribution is -2.29. The first kappa shape index (κ1) is 13.4. The Morgan fingerprint density at radius 2 is 2.29 bits per heavy atom. The van der Waals surface area contributed by atoms with Crippen molar-refractivity contribution in [3.8, 4) is 5.75 Å². The van der Waals surface area contributed by atoms with Gasteiger partial charge in [-0.2, -0.15) is 5.10 Å². The Labute approximate surface area is 121 Å². The van der Waals surface area contributed by atoms with E-state index in [2.05, 4.69) is 10.4 Å². The minimum atomic E-state index is -0.583. The number of rotatable bonds is 3. The van der Waals surface area contributed by atoms with Crippen molar-refractivity contribution in [2.75, 3.05) is 5.32 Å². The minimum absolute atomic E-state index is 0.0950. The Morgan fingerprint density at radius 1 is 1.48 bits per heavy atom. The molecule has 0 aliphatic carbocycles. The van der Waals surface area contributed by atoms with E-state index >= 15 is 0 Å². The maximum Gasteiger partial charge on any atom is 0.319 e. The van der Waals surface area contributed by atoms with Crippen molar-refractivity contribution < 1.29 is 14.3 Å². The van der Waals surface area contributed by atoms with Crippen molar-refractivity contribution in [3.05, 3.63) is 42.2 Å². The van der Waals surface area contributed by atoms with Gasteiger partial charge in [0, 0.05) is 18.7 Å². The minimum Gasteiger partial charge on any atom is -0.423 e. The van der Waals surface area contributed by atoms with E-state index in [0.717, 1.165) is 5.56 Å². The fourth-order valence-electron chi connectivity index (χ4n) is 2.38. The molecule has 6 heteroatoms. The Kier molecular flexibility index (Phi) is 3.43. The van der Waals surface area contributed by atoms with Crippen LogP contribution in [0.5, 0.6) is 5.75 Å². The molecule has 1 amide bonds. The third kappa shape index (κ3) is 2.65. The number of benzene rings is 1. The molecular weight excluding hydrogens is 270 g/mol. The molecule has 1 aromatic carbocycles. The number of carbonyl (C=O) groups excluding carboxylic acids is 2. The number of nitrogens with zero attached hydrogens (tertiary/aromatic N) is 2. The van der Waals surface area contributed by atoms with Crippen molar-refractivity contribution in [2.45, 2.75) is 25.8 Å². The zero-order valence-electron chi connectivity index (χ0n) is 11.6. The van der Waals surface area contributed by atoms with Crippen LogP contribution >= 0.6 is 0 Å². The standard InChI is InChI=1S/C15H15N3O3/c1-2-18-9-10(8-16-18)21-15(20)12-7-14(19)17-13-6-4-3-5-11(12)13/h3-6,8-9,12H,2,7H2,1H3,(H,17,19). The van der Waals surface area contributed by atoms with E-state index < -0.39 is 11.9 Å². The topological polar surface area (TPSA) is 73.2 Å². The highest BCUT2D eigenvalue weighted by atomic mass is 16.5. The van der Waals surface area contributed by atoms with Gasteiger partial charge in [0.2, 0.25) is 5.91 Å². The molecule has 0 radical (unpaired) electrons. The average Bonchev–Trinajstić information content (AvgIpc) is 2.94. The number of esters is 1. The SMILES string of the molecule is CCn1cc(OC(=O)C2CC(=O)Nc3ccccc32)cn1. The maximum absolute atomic E-state index is 12.3. The highest BCUT2D eigenvalue weighted by Crippen LogP contribution is 2.33. The molecule has 108 valence electrons.